The van der Waals surface area contributed by atoms with Crippen molar-refractivity contribution in [1.29, 1.82) is 0 Å². The normalized spacial score (nSPS) is 21.4. The maximum atomic E-state index is 12.6. The van der Waals surface area contributed by atoms with Crippen LogP contribution in [0.15, 0.2) is 60.2 Å². The molecule has 0 aliphatic carbocycles. The zero-order valence-electron chi connectivity index (χ0n) is 15.1. The van der Waals surface area contributed by atoms with Crippen molar-refractivity contribution in [3.05, 3.63) is 77.1 Å². The lowest BCUT2D eigenvalue weighted by molar-refractivity contribution is 0.0815. The maximum absolute atomic E-state index is 12.6. The van der Waals surface area contributed by atoms with E-state index in [0.29, 0.717) is 6.61 Å². The summed E-state index contributed by atoms with van der Waals surface area (Å²) in [5.74, 6) is 0. The van der Waals surface area contributed by atoms with E-state index < -0.39 is 0 Å². The molecule has 1 fully saturated rings. The fourth-order valence-electron chi connectivity index (χ4n) is 4.06. The molecule has 134 valence electrons. The standard InChI is InChI=1S/C22H24N2O2/c1-16-6-5-9-19(23-16)12-18-13-20-10-11-21(14-18)24(20)22(25)26-15-17-7-3-2-4-8-17/h2-9,13,20-21H,10-12,14-15H2,1H3. The van der Waals surface area contributed by atoms with Crippen molar-refractivity contribution < 1.29 is 9.53 Å². The highest BCUT2D eigenvalue weighted by atomic mass is 16.6. The van der Waals surface area contributed by atoms with Crippen LogP contribution >= 0.6 is 0 Å². The van der Waals surface area contributed by atoms with Gasteiger partial charge >= 0.3 is 6.09 Å². The number of nitrogens with zero attached hydrogens (tertiary/aromatic N) is 2. The van der Waals surface area contributed by atoms with Crippen LogP contribution in [-0.4, -0.2) is 28.1 Å². The Morgan fingerprint density at radius 3 is 2.77 bits per heavy atom. The largest absolute Gasteiger partial charge is 0.445 e. The first kappa shape index (κ1) is 16.8. The van der Waals surface area contributed by atoms with Crippen molar-refractivity contribution in [3.8, 4) is 0 Å². The Hall–Kier alpha value is -2.62. The monoisotopic (exact) mass is 348 g/mol. The zero-order chi connectivity index (χ0) is 17.9. The van der Waals surface area contributed by atoms with Gasteiger partial charge in [-0.3, -0.25) is 9.88 Å². The number of pyridine rings is 1. The van der Waals surface area contributed by atoms with E-state index in [4.69, 9.17) is 4.74 Å². The average molecular weight is 348 g/mol. The zero-order valence-corrected chi connectivity index (χ0v) is 15.1. The highest BCUT2D eigenvalue weighted by molar-refractivity contribution is 5.70. The van der Waals surface area contributed by atoms with Crippen molar-refractivity contribution in [1.82, 2.24) is 9.88 Å². The molecule has 2 unspecified atom stereocenters. The smallest absolute Gasteiger partial charge is 0.410 e. The molecule has 1 saturated heterocycles. The van der Waals surface area contributed by atoms with Gasteiger partial charge in [-0.05, 0) is 43.9 Å². The van der Waals surface area contributed by atoms with Crippen LogP contribution in [0.4, 0.5) is 4.79 Å². The summed E-state index contributed by atoms with van der Waals surface area (Å²) in [6.07, 6.45) is 5.94. The Bertz CT molecular complexity index is 816. The molecule has 0 N–H and O–H groups in total. The van der Waals surface area contributed by atoms with E-state index in [0.717, 1.165) is 42.6 Å². The number of hydrogen-bond donors (Lipinski definition) is 0. The summed E-state index contributed by atoms with van der Waals surface area (Å²) >= 11 is 0. The van der Waals surface area contributed by atoms with Crippen LogP contribution in [0.25, 0.3) is 0 Å². The number of benzene rings is 1. The molecule has 0 spiro atoms. The Labute approximate surface area is 154 Å². The number of rotatable bonds is 4. The second kappa shape index (κ2) is 7.32. The Kier molecular flexibility index (Phi) is 4.74. The number of fused-ring (bicyclic) bond motifs is 2. The maximum Gasteiger partial charge on any atom is 0.410 e. The van der Waals surface area contributed by atoms with Gasteiger partial charge in [0, 0.05) is 23.9 Å². The molecule has 2 aliphatic heterocycles. The van der Waals surface area contributed by atoms with Gasteiger partial charge < -0.3 is 4.74 Å². The van der Waals surface area contributed by atoms with Gasteiger partial charge in [-0.25, -0.2) is 4.79 Å². The van der Waals surface area contributed by atoms with Gasteiger partial charge in [0.05, 0.1) is 6.04 Å². The first-order valence-corrected chi connectivity index (χ1v) is 9.30. The number of aryl methyl sites for hydroxylation is 1. The van der Waals surface area contributed by atoms with E-state index in [1.807, 2.05) is 48.2 Å². The molecule has 2 aliphatic rings. The summed E-state index contributed by atoms with van der Waals surface area (Å²) in [5, 5.41) is 0. The summed E-state index contributed by atoms with van der Waals surface area (Å²) in [5.41, 5.74) is 4.57. The number of amides is 1. The fourth-order valence-corrected chi connectivity index (χ4v) is 4.06. The van der Waals surface area contributed by atoms with Crippen molar-refractivity contribution in [2.45, 2.75) is 51.3 Å². The van der Waals surface area contributed by atoms with E-state index in [2.05, 4.69) is 23.2 Å². The predicted octanol–water partition coefficient (Wildman–Crippen LogP) is 4.43. The minimum Gasteiger partial charge on any atom is -0.445 e. The van der Waals surface area contributed by atoms with E-state index in [1.54, 1.807) is 0 Å². The molecule has 0 radical (unpaired) electrons. The van der Waals surface area contributed by atoms with Crippen molar-refractivity contribution >= 4 is 6.09 Å². The van der Waals surface area contributed by atoms with Crippen LogP contribution in [-0.2, 0) is 17.8 Å². The molecular weight excluding hydrogens is 324 g/mol. The molecule has 0 saturated carbocycles. The summed E-state index contributed by atoms with van der Waals surface area (Å²) in [6, 6.07) is 16.4. The minimum atomic E-state index is -0.190. The van der Waals surface area contributed by atoms with Gasteiger partial charge in [0.15, 0.2) is 0 Å². The van der Waals surface area contributed by atoms with Crippen LogP contribution in [0.3, 0.4) is 0 Å². The van der Waals surface area contributed by atoms with E-state index in [-0.39, 0.29) is 18.2 Å². The lowest BCUT2D eigenvalue weighted by Gasteiger charge is -2.33. The Morgan fingerprint density at radius 1 is 1.15 bits per heavy atom. The van der Waals surface area contributed by atoms with Crippen LogP contribution in [0.2, 0.25) is 0 Å². The molecule has 3 heterocycles. The van der Waals surface area contributed by atoms with Crippen molar-refractivity contribution in [2.75, 3.05) is 0 Å². The van der Waals surface area contributed by atoms with E-state index >= 15 is 0 Å². The topological polar surface area (TPSA) is 42.4 Å². The van der Waals surface area contributed by atoms with Crippen LogP contribution < -0.4 is 0 Å². The second-order valence-corrected chi connectivity index (χ2v) is 7.22. The van der Waals surface area contributed by atoms with Gasteiger partial charge in [0.2, 0.25) is 0 Å². The van der Waals surface area contributed by atoms with Gasteiger partial charge in [-0.15, -0.1) is 0 Å². The van der Waals surface area contributed by atoms with Crippen LogP contribution in [0.1, 0.15) is 36.2 Å². The fraction of sp³-hybridized carbons (Fsp3) is 0.364. The van der Waals surface area contributed by atoms with Gasteiger partial charge in [-0.1, -0.05) is 48.0 Å². The number of carbonyl (C=O) groups excluding carboxylic acids is 1. The molecule has 2 bridgehead atoms. The first-order valence-electron chi connectivity index (χ1n) is 9.30. The Balaban J connectivity index is 1.40. The van der Waals surface area contributed by atoms with Crippen molar-refractivity contribution in [3.63, 3.8) is 0 Å². The lowest BCUT2D eigenvalue weighted by atomic mass is 9.97. The molecular formula is C22H24N2O2. The summed E-state index contributed by atoms with van der Waals surface area (Å²) in [4.78, 5) is 19.2. The summed E-state index contributed by atoms with van der Waals surface area (Å²) < 4.78 is 5.56. The van der Waals surface area contributed by atoms with Crippen LogP contribution in [0, 0.1) is 6.92 Å². The highest BCUT2D eigenvalue weighted by Crippen LogP contribution is 2.36. The number of hydrogen-bond acceptors (Lipinski definition) is 3. The van der Waals surface area contributed by atoms with Gasteiger partial charge in [0.25, 0.3) is 0 Å². The Morgan fingerprint density at radius 2 is 2.00 bits per heavy atom. The predicted molar refractivity (Wildman–Crippen MR) is 101 cm³/mol. The van der Waals surface area contributed by atoms with E-state index in [9.17, 15) is 4.79 Å². The molecule has 4 heteroatoms. The molecule has 1 aromatic carbocycles. The molecule has 4 nitrogen and oxygen atoms in total. The second-order valence-electron chi connectivity index (χ2n) is 7.22. The molecule has 1 aromatic heterocycles. The first-order chi connectivity index (χ1) is 12.7. The SMILES string of the molecule is Cc1cccc(CC2=CC3CCC(C2)N3C(=O)OCc2ccccc2)n1. The number of ether oxygens (including phenoxy) is 1. The quantitative estimate of drug-likeness (QED) is 0.768. The summed E-state index contributed by atoms with van der Waals surface area (Å²) in [7, 11) is 0. The molecule has 2 aromatic rings. The average Bonchev–Trinajstić information content (AvgIpc) is 2.91. The number of aromatic nitrogens is 1. The van der Waals surface area contributed by atoms with Gasteiger partial charge in [-0.2, -0.15) is 0 Å². The highest BCUT2D eigenvalue weighted by Gasteiger charge is 2.40. The molecule has 1 amide bonds. The van der Waals surface area contributed by atoms with Crippen LogP contribution in [0.5, 0.6) is 0 Å². The lowest BCUT2D eigenvalue weighted by Crippen LogP contribution is -2.43. The molecule has 26 heavy (non-hydrogen) atoms. The third kappa shape index (κ3) is 3.64. The third-order valence-electron chi connectivity index (χ3n) is 5.24. The molecule has 4 rings (SSSR count). The van der Waals surface area contributed by atoms with E-state index in [1.165, 1.54) is 5.57 Å². The minimum absolute atomic E-state index is 0.164. The molecule has 2 atom stereocenters. The van der Waals surface area contributed by atoms with Crippen molar-refractivity contribution in [2.24, 2.45) is 0 Å². The number of carbonyl (C=O) groups is 1. The third-order valence-corrected chi connectivity index (χ3v) is 5.24. The van der Waals surface area contributed by atoms with Gasteiger partial charge in [0.1, 0.15) is 6.61 Å². The summed E-state index contributed by atoms with van der Waals surface area (Å²) in [6.45, 7) is 2.35.